The Labute approximate surface area is 113 Å². The van der Waals surface area contributed by atoms with E-state index in [1.165, 1.54) is 0 Å². The third-order valence-corrected chi connectivity index (χ3v) is 2.61. The van der Waals surface area contributed by atoms with Gasteiger partial charge in [-0.2, -0.15) is 0 Å². The fraction of sp³-hybridized carbons (Fsp3) is 0.385. The maximum Gasteiger partial charge on any atom is 0.323 e. The Bertz CT molecular complexity index is 553. The molecule has 0 radical (unpaired) electrons. The van der Waals surface area contributed by atoms with Gasteiger partial charge in [-0.05, 0) is 32.9 Å². The van der Waals surface area contributed by atoms with Crippen LogP contribution in [0.15, 0.2) is 12.1 Å². The Balaban J connectivity index is 3.26. The van der Waals surface area contributed by atoms with Crippen molar-refractivity contribution in [1.29, 1.82) is 0 Å². The van der Waals surface area contributed by atoms with Crippen molar-refractivity contribution in [2.75, 3.05) is 6.54 Å². The normalized spacial score (nSPS) is 11.3. The first-order valence-corrected chi connectivity index (χ1v) is 5.73. The molecule has 1 aromatic rings. The molecule has 0 heterocycles. The van der Waals surface area contributed by atoms with E-state index in [9.17, 15) is 22.8 Å². The van der Waals surface area contributed by atoms with Crippen LogP contribution in [0, 0.1) is 17.5 Å². The Morgan fingerprint density at radius 1 is 1.15 bits per heavy atom. The number of nitrogens with zero attached hydrogens (tertiary/aromatic N) is 1. The van der Waals surface area contributed by atoms with Crippen LogP contribution in [0.3, 0.4) is 0 Å². The summed E-state index contributed by atoms with van der Waals surface area (Å²) < 4.78 is 39.6. The molecule has 1 rings (SSSR count). The Morgan fingerprint density at radius 2 is 1.70 bits per heavy atom. The Kier molecular flexibility index (Phi) is 4.42. The summed E-state index contributed by atoms with van der Waals surface area (Å²) in [5, 5.41) is 8.79. The second-order valence-corrected chi connectivity index (χ2v) is 5.18. The van der Waals surface area contributed by atoms with Crippen LogP contribution in [0.2, 0.25) is 0 Å². The minimum Gasteiger partial charge on any atom is -0.480 e. The molecule has 0 saturated heterocycles. The summed E-state index contributed by atoms with van der Waals surface area (Å²) in [6.45, 7) is 3.96. The number of carbonyl (C=O) groups is 2. The van der Waals surface area contributed by atoms with E-state index >= 15 is 0 Å². The fourth-order valence-corrected chi connectivity index (χ4v) is 1.59. The van der Waals surface area contributed by atoms with Gasteiger partial charge in [0, 0.05) is 5.54 Å². The van der Waals surface area contributed by atoms with Gasteiger partial charge in [0.25, 0.3) is 5.91 Å². The largest absolute Gasteiger partial charge is 0.480 e. The van der Waals surface area contributed by atoms with Crippen molar-refractivity contribution in [2.45, 2.75) is 26.3 Å². The summed E-state index contributed by atoms with van der Waals surface area (Å²) in [6, 6.07) is 1.41. The molecule has 7 heteroatoms. The van der Waals surface area contributed by atoms with Gasteiger partial charge >= 0.3 is 5.97 Å². The van der Waals surface area contributed by atoms with Gasteiger partial charge in [0.15, 0.2) is 17.5 Å². The van der Waals surface area contributed by atoms with E-state index in [0.717, 1.165) is 11.0 Å². The molecular weight excluding hydrogens is 275 g/mol. The SMILES string of the molecule is CC(C)(C)N(CC(=O)O)C(=O)c1ccc(F)c(F)c1F. The van der Waals surface area contributed by atoms with E-state index in [2.05, 4.69) is 0 Å². The molecule has 20 heavy (non-hydrogen) atoms. The monoisotopic (exact) mass is 289 g/mol. The molecule has 110 valence electrons. The average molecular weight is 289 g/mol. The molecule has 0 aliphatic rings. The molecular formula is C13H14F3NO3. The highest BCUT2D eigenvalue weighted by Crippen LogP contribution is 2.21. The van der Waals surface area contributed by atoms with E-state index in [4.69, 9.17) is 5.11 Å². The fourth-order valence-electron chi connectivity index (χ4n) is 1.59. The van der Waals surface area contributed by atoms with Crippen LogP contribution in [0.25, 0.3) is 0 Å². The maximum atomic E-state index is 13.6. The van der Waals surface area contributed by atoms with Crippen molar-refractivity contribution in [3.63, 3.8) is 0 Å². The van der Waals surface area contributed by atoms with Crippen LogP contribution >= 0.6 is 0 Å². The third-order valence-electron chi connectivity index (χ3n) is 2.61. The van der Waals surface area contributed by atoms with Gasteiger partial charge in [0.05, 0.1) is 5.56 Å². The number of carboxylic acids is 1. The minimum atomic E-state index is -1.76. The molecule has 0 atom stereocenters. The number of benzene rings is 1. The molecule has 0 unspecified atom stereocenters. The highest BCUT2D eigenvalue weighted by atomic mass is 19.2. The molecule has 4 nitrogen and oxygen atoms in total. The van der Waals surface area contributed by atoms with Crippen molar-refractivity contribution < 1.29 is 27.9 Å². The first-order valence-electron chi connectivity index (χ1n) is 5.73. The standard InChI is InChI=1S/C13H14F3NO3/c1-13(2,3)17(6-9(18)19)12(20)7-4-5-8(14)11(16)10(7)15/h4-5H,6H2,1-3H3,(H,18,19). The maximum absolute atomic E-state index is 13.6. The number of carboxylic acid groups (broad SMARTS) is 1. The van der Waals surface area contributed by atoms with Crippen molar-refractivity contribution in [1.82, 2.24) is 4.90 Å². The molecule has 1 amide bonds. The molecule has 0 spiro atoms. The minimum absolute atomic E-state index is 0.618. The average Bonchev–Trinajstić information content (AvgIpc) is 2.31. The highest BCUT2D eigenvalue weighted by molar-refractivity contribution is 5.96. The van der Waals surface area contributed by atoms with Gasteiger partial charge in [-0.1, -0.05) is 0 Å². The van der Waals surface area contributed by atoms with Gasteiger partial charge in [-0.25, -0.2) is 13.2 Å². The van der Waals surface area contributed by atoms with E-state index in [0.29, 0.717) is 6.07 Å². The number of rotatable bonds is 3. The van der Waals surface area contributed by atoms with Gasteiger partial charge in [0.2, 0.25) is 0 Å². The molecule has 0 aliphatic heterocycles. The van der Waals surface area contributed by atoms with E-state index in [1.54, 1.807) is 20.8 Å². The lowest BCUT2D eigenvalue weighted by Crippen LogP contribution is -2.48. The first kappa shape index (κ1) is 16.0. The number of carbonyl (C=O) groups excluding carboxylic acids is 1. The summed E-state index contributed by atoms with van der Waals surface area (Å²) in [5.41, 5.74) is -1.63. The summed E-state index contributed by atoms with van der Waals surface area (Å²) in [7, 11) is 0. The van der Waals surface area contributed by atoms with Crippen molar-refractivity contribution >= 4 is 11.9 Å². The predicted octanol–water partition coefficient (Wildman–Crippen LogP) is 2.43. The Hall–Kier alpha value is -2.05. The lowest BCUT2D eigenvalue weighted by atomic mass is 10.0. The topological polar surface area (TPSA) is 57.6 Å². The lowest BCUT2D eigenvalue weighted by molar-refractivity contribution is -0.138. The summed E-state index contributed by atoms with van der Waals surface area (Å²) >= 11 is 0. The van der Waals surface area contributed by atoms with Crippen LogP contribution in [0.4, 0.5) is 13.2 Å². The smallest absolute Gasteiger partial charge is 0.323 e. The van der Waals surface area contributed by atoms with Gasteiger partial charge in [-0.15, -0.1) is 0 Å². The van der Waals surface area contributed by atoms with Crippen LogP contribution in [-0.4, -0.2) is 34.0 Å². The second-order valence-electron chi connectivity index (χ2n) is 5.18. The summed E-state index contributed by atoms with van der Waals surface area (Å²) in [4.78, 5) is 23.8. The molecule has 0 saturated carbocycles. The molecule has 1 N–H and O–H groups in total. The van der Waals surface area contributed by atoms with Crippen molar-refractivity contribution in [3.8, 4) is 0 Å². The quantitative estimate of drug-likeness (QED) is 0.869. The van der Waals surface area contributed by atoms with Crippen molar-refractivity contribution in [3.05, 3.63) is 35.1 Å². The van der Waals surface area contributed by atoms with Crippen LogP contribution in [0.5, 0.6) is 0 Å². The first-order chi connectivity index (χ1) is 9.05. The van der Waals surface area contributed by atoms with E-state index < -0.39 is 47.0 Å². The summed E-state index contributed by atoms with van der Waals surface area (Å²) in [5.74, 6) is -7.12. The van der Waals surface area contributed by atoms with Crippen LogP contribution in [0.1, 0.15) is 31.1 Å². The van der Waals surface area contributed by atoms with Gasteiger partial charge in [-0.3, -0.25) is 9.59 Å². The zero-order valence-corrected chi connectivity index (χ0v) is 11.2. The number of hydrogen-bond acceptors (Lipinski definition) is 2. The summed E-state index contributed by atoms with van der Waals surface area (Å²) in [6.07, 6.45) is 0. The molecule has 1 aromatic carbocycles. The zero-order valence-electron chi connectivity index (χ0n) is 11.2. The highest BCUT2D eigenvalue weighted by Gasteiger charge is 2.31. The number of halogens is 3. The molecule has 0 bridgehead atoms. The van der Waals surface area contributed by atoms with Crippen LogP contribution in [-0.2, 0) is 4.79 Å². The molecule has 0 aliphatic carbocycles. The third kappa shape index (κ3) is 3.28. The number of amides is 1. The second kappa shape index (κ2) is 5.52. The molecule has 0 fully saturated rings. The number of aliphatic carboxylic acids is 1. The van der Waals surface area contributed by atoms with E-state index in [1.807, 2.05) is 0 Å². The zero-order chi connectivity index (χ0) is 15.7. The number of hydrogen-bond donors (Lipinski definition) is 1. The lowest BCUT2D eigenvalue weighted by Gasteiger charge is -2.34. The molecule has 0 aromatic heterocycles. The predicted molar refractivity (Wildman–Crippen MR) is 64.7 cm³/mol. The van der Waals surface area contributed by atoms with E-state index in [-0.39, 0.29) is 0 Å². The van der Waals surface area contributed by atoms with Crippen LogP contribution < -0.4 is 0 Å². The van der Waals surface area contributed by atoms with Gasteiger partial charge < -0.3 is 10.0 Å². The Morgan fingerprint density at radius 3 is 2.15 bits per heavy atom. The van der Waals surface area contributed by atoms with Gasteiger partial charge in [0.1, 0.15) is 6.54 Å². The van der Waals surface area contributed by atoms with Crippen molar-refractivity contribution in [2.24, 2.45) is 0 Å².